The van der Waals surface area contributed by atoms with Crippen molar-refractivity contribution in [1.82, 2.24) is 19.7 Å². The molecular formula is C13H19F3N4O3. The van der Waals surface area contributed by atoms with Gasteiger partial charge in [-0.15, -0.1) is 0 Å². The molecule has 23 heavy (non-hydrogen) atoms. The van der Waals surface area contributed by atoms with Gasteiger partial charge in [-0.1, -0.05) is 0 Å². The second-order valence-electron chi connectivity index (χ2n) is 6.18. The molecule has 130 valence electrons. The highest BCUT2D eigenvalue weighted by atomic mass is 19.4. The van der Waals surface area contributed by atoms with E-state index < -0.39 is 30.5 Å². The Hall–Kier alpha value is -1.84. The van der Waals surface area contributed by atoms with Gasteiger partial charge < -0.3 is 9.47 Å². The van der Waals surface area contributed by atoms with E-state index in [1.54, 1.807) is 20.8 Å². The van der Waals surface area contributed by atoms with Crippen LogP contribution in [-0.4, -0.2) is 57.3 Å². The largest absolute Gasteiger partial charge is 0.444 e. The molecule has 0 N–H and O–H groups in total. The van der Waals surface area contributed by atoms with Gasteiger partial charge in [0.15, 0.2) is 5.82 Å². The minimum Gasteiger partial charge on any atom is -0.444 e. The Balaban J connectivity index is 2.13. The molecule has 0 aliphatic carbocycles. The topological polar surface area (TPSA) is 69.5 Å². The van der Waals surface area contributed by atoms with Gasteiger partial charge in [0.25, 0.3) is 0 Å². The van der Waals surface area contributed by atoms with Crippen LogP contribution in [0.5, 0.6) is 0 Å². The molecule has 1 aromatic rings. The van der Waals surface area contributed by atoms with Gasteiger partial charge in [0, 0.05) is 6.54 Å². The van der Waals surface area contributed by atoms with Crippen molar-refractivity contribution in [2.75, 3.05) is 19.8 Å². The summed E-state index contributed by atoms with van der Waals surface area (Å²) in [5, 5.41) is 3.80. The summed E-state index contributed by atoms with van der Waals surface area (Å²) in [5.74, 6) is 0.0970. The highest BCUT2D eigenvalue weighted by molar-refractivity contribution is 5.68. The predicted octanol–water partition coefficient (Wildman–Crippen LogP) is 2.15. The Morgan fingerprint density at radius 2 is 2.13 bits per heavy atom. The number of halogens is 3. The molecule has 0 bridgehead atoms. The molecule has 1 fully saturated rings. The van der Waals surface area contributed by atoms with Gasteiger partial charge in [0.05, 0.1) is 13.2 Å². The van der Waals surface area contributed by atoms with Gasteiger partial charge in [-0.25, -0.2) is 14.5 Å². The second kappa shape index (κ2) is 6.34. The maximum atomic E-state index is 12.4. The first-order valence-corrected chi connectivity index (χ1v) is 7.09. The Labute approximate surface area is 131 Å². The third-order valence-electron chi connectivity index (χ3n) is 2.95. The molecule has 1 atom stereocenters. The van der Waals surface area contributed by atoms with Crippen LogP contribution >= 0.6 is 0 Å². The van der Waals surface area contributed by atoms with Crippen LogP contribution in [0.4, 0.5) is 18.0 Å². The smallest absolute Gasteiger partial charge is 0.411 e. The number of nitrogens with zero attached hydrogens (tertiary/aromatic N) is 4. The van der Waals surface area contributed by atoms with Gasteiger partial charge in [-0.05, 0) is 20.8 Å². The van der Waals surface area contributed by atoms with Crippen molar-refractivity contribution >= 4 is 6.09 Å². The van der Waals surface area contributed by atoms with Crippen LogP contribution in [-0.2, 0) is 16.0 Å². The van der Waals surface area contributed by atoms with Gasteiger partial charge in [0.1, 0.15) is 24.5 Å². The molecule has 1 amide bonds. The molecule has 0 saturated carbocycles. The zero-order valence-corrected chi connectivity index (χ0v) is 13.1. The number of ether oxygens (including phenoxy) is 2. The lowest BCUT2D eigenvalue weighted by Gasteiger charge is -2.35. The zero-order chi connectivity index (χ0) is 17.3. The van der Waals surface area contributed by atoms with Crippen molar-refractivity contribution in [2.24, 2.45) is 0 Å². The van der Waals surface area contributed by atoms with Crippen LogP contribution in [0.2, 0.25) is 0 Å². The molecule has 1 saturated heterocycles. The average Bonchev–Trinajstić information content (AvgIpc) is 2.82. The lowest BCUT2D eigenvalue weighted by atomic mass is 10.2. The minimum atomic E-state index is -4.39. The Bertz CT molecular complexity index is 553. The van der Waals surface area contributed by atoms with E-state index in [4.69, 9.17) is 9.47 Å². The third kappa shape index (κ3) is 5.08. The first-order chi connectivity index (χ1) is 10.6. The maximum Gasteiger partial charge on any atom is 0.411 e. The normalized spacial score (nSPS) is 19.7. The molecule has 1 aliphatic rings. The van der Waals surface area contributed by atoms with E-state index in [0.717, 1.165) is 6.33 Å². The van der Waals surface area contributed by atoms with E-state index in [2.05, 4.69) is 10.1 Å². The van der Waals surface area contributed by atoms with Crippen molar-refractivity contribution < 1.29 is 27.4 Å². The lowest BCUT2D eigenvalue weighted by molar-refractivity contribution is -0.142. The predicted molar refractivity (Wildman–Crippen MR) is 72.6 cm³/mol. The van der Waals surface area contributed by atoms with Crippen LogP contribution in [0.3, 0.4) is 0 Å². The van der Waals surface area contributed by atoms with Gasteiger partial charge in [-0.2, -0.15) is 18.3 Å². The molecule has 7 nitrogen and oxygen atoms in total. The second-order valence-corrected chi connectivity index (χ2v) is 6.18. The molecule has 2 rings (SSSR count). The summed E-state index contributed by atoms with van der Waals surface area (Å²) in [7, 11) is 0. The van der Waals surface area contributed by atoms with Gasteiger partial charge in [0.2, 0.25) is 0 Å². The number of carbonyl (C=O) groups excluding carboxylic acids is 1. The first kappa shape index (κ1) is 17.5. The molecule has 1 aliphatic heterocycles. The van der Waals surface area contributed by atoms with Crippen molar-refractivity contribution in [3.63, 3.8) is 0 Å². The van der Waals surface area contributed by atoms with Gasteiger partial charge >= 0.3 is 12.3 Å². The lowest BCUT2D eigenvalue weighted by Crippen LogP contribution is -2.46. The third-order valence-corrected chi connectivity index (χ3v) is 2.95. The van der Waals surface area contributed by atoms with Crippen LogP contribution in [0, 0.1) is 0 Å². The van der Waals surface area contributed by atoms with E-state index >= 15 is 0 Å². The first-order valence-electron chi connectivity index (χ1n) is 7.09. The van der Waals surface area contributed by atoms with E-state index in [9.17, 15) is 18.0 Å². The van der Waals surface area contributed by atoms with Crippen LogP contribution in [0.15, 0.2) is 6.33 Å². The minimum absolute atomic E-state index is 0.0970. The number of hydrogen-bond donors (Lipinski definition) is 0. The highest BCUT2D eigenvalue weighted by Crippen LogP contribution is 2.24. The van der Waals surface area contributed by atoms with E-state index in [1.165, 1.54) is 4.90 Å². The van der Waals surface area contributed by atoms with Crippen molar-refractivity contribution in [3.8, 4) is 0 Å². The van der Waals surface area contributed by atoms with Crippen molar-refractivity contribution in [3.05, 3.63) is 12.2 Å². The fourth-order valence-electron chi connectivity index (χ4n) is 2.08. The van der Waals surface area contributed by atoms with Gasteiger partial charge in [-0.3, -0.25) is 4.90 Å². The fraction of sp³-hybridized carbons (Fsp3) is 0.769. The quantitative estimate of drug-likeness (QED) is 0.828. The van der Waals surface area contributed by atoms with E-state index in [-0.39, 0.29) is 19.0 Å². The highest BCUT2D eigenvalue weighted by Gasteiger charge is 2.35. The van der Waals surface area contributed by atoms with Crippen LogP contribution in [0.25, 0.3) is 0 Å². The van der Waals surface area contributed by atoms with Crippen LogP contribution in [0.1, 0.15) is 32.6 Å². The van der Waals surface area contributed by atoms with E-state index in [1.807, 2.05) is 0 Å². The number of carbonyl (C=O) groups is 1. The summed E-state index contributed by atoms with van der Waals surface area (Å²) in [6, 6.07) is -0.673. The Kier molecular flexibility index (Phi) is 4.83. The summed E-state index contributed by atoms with van der Waals surface area (Å²) in [6.45, 7) is 4.64. The average molecular weight is 336 g/mol. The van der Waals surface area contributed by atoms with E-state index in [0.29, 0.717) is 11.3 Å². The molecule has 0 spiro atoms. The molecule has 0 radical (unpaired) electrons. The molecule has 10 heteroatoms. The zero-order valence-electron chi connectivity index (χ0n) is 13.1. The molecule has 0 unspecified atom stereocenters. The standard InChI is InChI=1S/C13H19F3N4O3/c1-12(2,3)23-11(21)20-4-5-22-6-9(20)10-17-8-19(18-10)7-13(14,15)16/h8-9H,4-7H2,1-3H3/t9-/m0/s1. The number of hydrogen-bond acceptors (Lipinski definition) is 5. The summed E-state index contributed by atoms with van der Waals surface area (Å²) >= 11 is 0. The number of aromatic nitrogens is 3. The summed E-state index contributed by atoms with van der Waals surface area (Å²) in [6.07, 6.45) is -3.97. The number of amides is 1. The van der Waals surface area contributed by atoms with Crippen LogP contribution < -0.4 is 0 Å². The molecule has 2 heterocycles. The number of morpholine rings is 1. The monoisotopic (exact) mass is 336 g/mol. The molecular weight excluding hydrogens is 317 g/mol. The fourth-order valence-corrected chi connectivity index (χ4v) is 2.08. The number of rotatable bonds is 2. The Morgan fingerprint density at radius 1 is 1.43 bits per heavy atom. The Morgan fingerprint density at radius 3 is 2.74 bits per heavy atom. The SMILES string of the molecule is CC(C)(C)OC(=O)N1CCOC[C@H]1c1ncn(CC(F)(F)F)n1. The maximum absolute atomic E-state index is 12.4. The summed E-state index contributed by atoms with van der Waals surface area (Å²) < 4.78 is 48.5. The van der Waals surface area contributed by atoms with Crippen molar-refractivity contribution in [1.29, 1.82) is 0 Å². The molecule has 0 aromatic carbocycles. The number of alkyl halides is 3. The summed E-state index contributed by atoms with van der Waals surface area (Å²) in [5.41, 5.74) is -0.678. The summed E-state index contributed by atoms with van der Waals surface area (Å²) in [4.78, 5) is 17.5. The molecule has 1 aromatic heterocycles. The van der Waals surface area contributed by atoms with Crippen molar-refractivity contribution in [2.45, 2.75) is 45.1 Å².